The molecule has 2 atom stereocenters. The maximum Gasteiger partial charge on any atom is 0.228 e. The Morgan fingerprint density at radius 2 is 2.35 bits per heavy atom. The third-order valence-corrected chi connectivity index (χ3v) is 5.53. The minimum atomic E-state index is 0.000155. The number of ether oxygens (including phenoxy) is 1. The highest BCUT2D eigenvalue weighted by molar-refractivity contribution is 7.11. The van der Waals surface area contributed by atoms with E-state index in [4.69, 9.17) is 4.74 Å². The van der Waals surface area contributed by atoms with Crippen molar-refractivity contribution in [3.63, 3.8) is 0 Å². The van der Waals surface area contributed by atoms with Crippen LogP contribution in [0.1, 0.15) is 33.7 Å². The molecule has 0 spiro atoms. The van der Waals surface area contributed by atoms with E-state index < -0.39 is 0 Å². The van der Waals surface area contributed by atoms with Crippen LogP contribution in [0.2, 0.25) is 0 Å². The monoisotopic (exact) mass is 333 g/mol. The zero-order valence-electron chi connectivity index (χ0n) is 13.2. The molecule has 0 aromatic carbocycles. The van der Waals surface area contributed by atoms with Crippen molar-refractivity contribution in [3.8, 4) is 0 Å². The molecule has 2 aliphatic rings. The summed E-state index contributed by atoms with van der Waals surface area (Å²) in [5, 5.41) is 9.14. The molecule has 2 aliphatic heterocycles. The molecule has 8 heteroatoms. The minimum Gasteiger partial charge on any atom is -0.368 e. The van der Waals surface area contributed by atoms with Gasteiger partial charge in [0.1, 0.15) is 0 Å². The Kier molecular flexibility index (Phi) is 3.65. The van der Waals surface area contributed by atoms with Gasteiger partial charge in [-0.25, -0.2) is 9.67 Å². The molecule has 2 aromatic heterocycles. The average Bonchev–Trinajstić information content (AvgIpc) is 3.13. The van der Waals surface area contributed by atoms with Crippen LogP contribution in [0.4, 0.5) is 0 Å². The van der Waals surface area contributed by atoms with Crippen molar-refractivity contribution < 1.29 is 9.53 Å². The summed E-state index contributed by atoms with van der Waals surface area (Å²) in [5.41, 5.74) is 1.92. The first-order valence-electron chi connectivity index (χ1n) is 7.83. The molecule has 7 nitrogen and oxygen atoms in total. The van der Waals surface area contributed by atoms with Gasteiger partial charge in [-0.05, 0) is 20.3 Å². The van der Waals surface area contributed by atoms with Crippen molar-refractivity contribution in [1.82, 2.24) is 24.9 Å². The fourth-order valence-corrected chi connectivity index (χ4v) is 4.24. The summed E-state index contributed by atoms with van der Waals surface area (Å²) in [6.07, 6.45) is 2.98. The van der Waals surface area contributed by atoms with Gasteiger partial charge in [-0.15, -0.1) is 16.4 Å². The van der Waals surface area contributed by atoms with E-state index in [9.17, 15) is 4.79 Å². The highest BCUT2D eigenvalue weighted by Crippen LogP contribution is 2.30. The molecule has 0 radical (unpaired) electrons. The van der Waals surface area contributed by atoms with Gasteiger partial charge in [-0.2, -0.15) is 0 Å². The van der Waals surface area contributed by atoms with Crippen molar-refractivity contribution in [3.05, 3.63) is 27.5 Å². The molecule has 1 fully saturated rings. The molecule has 4 heterocycles. The first kappa shape index (κ1) is 14.8. The van der Waals surface area contributed by atoms with Crippen LogP contribution in [0.5, 0.6) is 0 Å². The highest BCUT2D eigenvalue weighted by Gasteiger charge is 2.37. The molecule has 0 aliphatic carbocycles. The van der Waals surface area contributed by atoms with Crippen molar-refractivity contribution in [1.29, 1.82) is 0 Å². The third-order valence-electron chi connectivity index (χ3n) is 4.60. The summed E-state index contributed by atoms with van der Waals surface area (Å²) in [4.78, 5) is 20.1. The summed E-state index contributed by atoms with van der Waals surface area (Å²) >= 11 is 1.64. The number of aromatic nitrogens is 4. The molecule has 122 valence electrons. The van der Waals surface area contributed by atoms with Crippen molar-refractivity contribution in [2.75, 3.05) is 13.1 Å². The van der Waals surface area contributed by atoms with Crippen LogP contribution in [0, 0.1) is 13.8 Å². The van der Waals surface area contributed by atoms with Gasteiger partial charge in [0.25, 0.3) is 0 Å². The van der Waals surface area contributed by atoms with Gasteiger partial charge in [0.15, 0.2) is 0 Å². The number of piperidine rings is 1. The quantitative estimate of drug-likeness (QED) is 0.827. The Bertz CT molecular complexity index is 740. The van der Waals surface area contributed by atoms with E-state index in [2.05, 4.69) is 15.3 Å². The standard InChI is InChI=1S/C15H19N5O2S/c1-9-12(17-10(2)23-9)5-15(21)19-4-3-13-14(7-19)22-8-11-6-16-18-20(11)13/h6,13-14H,3-5,7-8H2,1-2H3/t13-,14-/m0/s1. The minimum absolute atomic E-state index is 0.000155. The van der Waals surface area contributed by atoms with Crippen LogP contribution < -0.4 is 0 Å². The molecule has 0 unspecified atom stereocenters. The topological polar surface area (TPSA) is 73.1 Å². The summed E-state index contributed by atoms with van der Waals surface area (Å²) in [6.45, 7) is 5.86. The number of likely N-dealkylation sites (tertiary alicyclic amines) is 1. The maximum absolute atomic E-state index is 12.6. The molecule has 2 aromatic rings. The number of aryl methyl sites for hydroxylation is 2. The van der Waals surface area contributed by atoms with Crippen LogP contribution in [-0.2, 0) is 22.6 Å². The second kappa shape index (κ2) is 5.68. The van der Waals surface area contributed by atoms with E-state index in [1.807, 2.05) is 23.4 Å². The Morgan fingerprint density at radius 3 is 3.13 bits per heavy atom. The molecule has 0 bridgehead atoms. The van der Waals surface area contributed by atoms with Gasteiger partial charge in [-0.1, -0.05) is 5.21 Å². The smallest absolute Gasteiger partial charge is 0.228 e. The fourth-order valence-electron chi connectivity index (χ4n) is 3.41. The Labute approximate surface area is 138 Å². The lowest BCUT2D eigenvalue weighted by atomic mass is 9.99. The van der Waals surface area contributed by atoms with E-state index in [-0.39, 0.29) is 18.1 Å². The molecule has 4 rings (SSSR count). The first-order valence-corrected chi connectivity index (χ1v) is 8.65. The van der Waals surface area contributed by atoms with Gasteiger partial charge in [0, 0.05) is 18.0 Å². The summed E-state index contributed by atoms with van der Waals surface area (Å²) in [6, 6.07) is 0.188. The Balaban J connectivity index is 1.44. The fraction of sp³-hybridized carbons (Fsp3) is 0.600. The van der Waals surface area contributed by atoms with Crippen LogP contribution in [0.15, 0.2) is 6.20 Å². The van der Waals surface area contributed by atoms with Crippen molar-refractivity contribution >= 4 is 17.2 Å². The van der Waals surface area contributed by atoms with E-state index >= 15 is 0 Å². The number of thiazole rings is 1. The molecule has 23 heavy (non-hydrogen) atoms. The second-order valence-corrected chi connectivity index (χ2v) is 7.54. The van der Waals surface area contributed by atoms with E-state index in [0.29, 0.717) is 19.6 Å². The molecule has 1 amide bonds. The molecular weight excluding hydrogens is 314 g/mol. The largest absolute Gasteiger partial charge is 0.368 e. The predicted octanol–water partition coefficient (Wildman–Crippen LogP) is 1.27. The predicted molar refractivity (Wildman–Crippen MR) is 84.1 cm³/mol. The van der Waals surface area contributed by atoms with Gasteiger partial charge < -0.3 is 9.64 Å². The number of hydrogen-bond donors (Lipinski definition) is 0. The Hall–Kier alpha value is -1.80. The summed E-state index contributed by atoms with van der Waals surface area (Å²) in [7, 11) is 0. The molecule has 0 N–H and O–H groups in total. The third kappa shape index (κ3) is 2.66. The lowest BCUT2D eigenvalue weighted by Gasteiger charge is -2.41. The number of rotatable bonds is 2. The van der Waals surface area contributed by atoms with Crippen LogP contribution in [-0.4, -0.2) is 50.0 Å². The van der Waals surface area contributed by atoms with Crippen molar-refractivity contribution in [2.24, 2.45) is 0 Å². The average molecular weight is 333 g/mol. The zero-order valence-corrected chi connectivity index (χ0v) is 14.0. The van der Waals surface area contributed by atoms with Gasteiger partial charge in [-0.3, -0.25) is 4.79 Å². The lowest BCUT2D eigenvalue weighted by Crippen LogP contribution is -2.50. The number of hydrogen-bond acceptors (Lipinski definition) is 6. The molecular formula is C15H19N5O2S. The van der Waals surface area contributed by atoms with Crippen molar-refractivity contribution in [2.45, 2.75) is 45.4 Å². The second-order valence-electron chi connectivity index (χ2n) is 6.13. The van der Waals surface area contributed by atoms with E-state index in [0.717, 1.165) is 34.2 Å². The first-order chi connectivity index (χ1) is 11.1. The number of carbonyl (C=O) groups is 1. The van der Waals surface area contributed by atoms with Gasteiger partial charge >= 0.3 is 0 Å². The van der Waals surface area contributed by atoms with Crippen LogP contribution in [0.3, 0.4) is 0 Å². The van der Waals surface area contributed by atoms with E-state index in [1.165, 1.54) is 0 Å². The maximum atomic E-state index is 12.6. The number of nitrogens with zero attached hydrogens (tertiary/aromatic N) is 5. The zero-order chi connectivity index (χ0) is 16.0. The van der Waals surface area contributed by atoms with E-state index in [1.54, 1.807) is 17.5 Å². The Morgan fingerprint density at radius 1 is 1.48 bits per heavy atom. The summed E-state index contributed by atoms with van der Waals surface area (Å²) in [5.74, 6) is 0.129. The molecule has 0 saturated carbocycles. The molecule has 1 saturated heterocycles. The van der Waals surface area contributed by atoms with Gasteiger partial charge in [0.05, 0.1) is 47.8 Å². The lowest BCUT2D eigenvalue weighted by molar-refractivity contribution is -0.139. The normalized spacial score (nSPS) is 23.5. The number of fused-ring (bicyclic) bond motifs is 3. The van der Waals surface area contributed by atoms with Gasteiger partial charge in [0.2, 0.25) is 5.91 Å². The SMILES string of the molecule is Cc1nc(CC(=O)N2CC[C@H]3[C@H](C2)OCc2cnnn23)c(C)s1. The summed E-state index contributed by atoms with van der Waals surface area (Å²) < 4.78 is 7.88. The highest BCUT2D eigenvalue weighted by atomic mass is 32.1. The van der Waals surface area contributed by atoms with Crippen LogP contribution >= 0.6 is 11.3 Å². The number of carbonyl (C=O) groups excluding carboxylic acids is 1. The number of amides is 1. The van der Waals surface area contributed by atoms with Crippen LogP contribution in [0.25, 0.3) is 0 Å².